The highest BCUT2D eigenvalue weighted by Crippen LogP contribution is 2.09. The number of pyridine rings is 1. The van der Waals surface area contributed by atoms with E-state index in [4.69, 9.17) is 9.47 Å². The van der Waals surface area contributed by atoms with Crippen LogP contribution < -0.4 is 16.3 Å². The lowest BCUT2D eigenvalue weighted by molar-refractivity contribution is -0.157. The van der Waals surface area contributed by atoms with E-state index >= 15 is 0 Å². The fourth-order valence-electron chi connectivity index (χ4n) is 3.59. The van der Waals surface area contributed by atoms with Gasteiger partial charge >= 0.3 is 23.7 Å². The zero-order chi connectivity index (χ0) is 30.9. The van der Waals surface area contributed by atoms with Gasteiger partial charge < -0.3 is 24.8 Å². The summed E-state index contributed by atoms with van der Waals surface area (Å²) >= 11 is 0. The molecule has 0 saturated carbocycles. The van der Waals surface area contributed by atoms with Gasteiger partial charge in [0, 0.05) is 19.2 Å². The summed E-state index contributed by atoms with van der Waals surface area (Å²) in [5, 5.41) is 9.07. The number of carbonyl (C=O) groups is 5. The van der Waals surface area contributed by atoms with Crippen LogP contribution in [0.3, 0.4) is 0 Å². The largest absolute Gasteiger partial charge is 0.460 e. The first-order valence-electron chi connectivity index (χ1n) is 13.2. The Morgan fingerprint density at radius 3 is 2.38 bits per heavy atom. The van der Waals surface area contributed by atoms with Gasteiger partial charge in [0.15, 0.2) is 5.65 Å². The Morgan fingerprint density at radius 2 is 1.71 bits per heavy atom. The van der Waals surface area contributed by atoms with Crippen LogP contribution in [0.5, 0.6) is 0 Å². The second-order valence-corrected chi connectivity index (χ2v) is 10.0. The summed E-state index contributed by atoms with van der Waals surface area (Å²) < 4.78 is 17.3. The number of esters is 2. The summed E-state index contributed by atoms with van der Waals surface area (Å²) in [7, 11) is 0. The summed E-state index contributed by atoms with van der Waals surface area (Å²) in [6.45, 7) is 6.08. The molecular weight excluding hydrogens is 550 g/mol. The highest BCUT2D eigenvalue weighted by molar-refractivity contribution is 6.33. The zero-order valence-electron chi connectivity index (χ0n) is 23.7. The van der Waals surface area contributed by atoms with Crippen LogP contribution in [0.15, 0.2) is 53.5 Å². The van der Waals surface area contributed by atoms with Crippen LogP contribution in [0.4, 0.5) is 4.79 Å². The number of hydrogen-bond acceptors (Lipinski definition) is 10. The minimum absolute atomic E-state index is 0.0283. The molecular formula is C28H33N5O9. The van der Waals surface area contributed by atoms with Gasteiger partial charge in [-0.3, -0.25) is 9.59 Å². The molecule has 3 aromatic rings. The van der Waals surface area contributed by atoms with Gasteiger partial charge in [-0.15, -0.1) is 5.10 Å². The molecule has 0 fully saturated rings. The number of hydrogen-bond donors (Lipinski definition) is 2. The van der Waals surface area contributed by atoms with Crippen molar-refractivity contribution in [1.82, 2.24) is 24.8 Å². The summed E-state index contributed by atoms with van der Waals surface area (Å²) in [4.78, 5) is 74.3. The molecule has 2 N–H and O–H groups in total. The molecule has 42 heavy (non-hydrogen) atoms. The van der Waals surface area contributed by atoms with Crippen molar-refractivity contribution in [2.45, 2.75) is 58.9 Å². The number of nitrogens with one attached hydrogen (secondary N) is 2. The average molecular weight is 584 g/mol. The van der Waals surface area contributed by atoms with Crippen molar-refractivity contribution in [2.24, 2.45) is 0 Å². The van der Waals surface area contributed by atoms with E-state index in [2.05, 4.69) is 20.5 Å². The van der Waals surface area contributed by atoms with Gasteiger partial charge in [0.2, 0.25) is 5.78 Å². The number of fused-ring (bicyclic) bond motifs is 1. The third-order valence-electron chi connectivity index (χ3n) is 5.56. The molecule has 0 spiro atoms. The summed E-state index contributed by atoms with van der Waals surface area (Å²) in [6.07, 6.45) is 0.0713. The van der Waals surface area contributed by atoms with Crippen LogP contribution in [0.25, 0.3) is 5.65 Å². The summed E-state index contributed by atoms with van der Waals surface area (Å²) in [5.41, 5.74) is -0.488. The molecule has 14 heteroatoms. The smallest absolute Gasteiger partial charge is 0.408 e. The van der Waals surface area contributed by atoms with Crippen molar-refractivity contribution in [3.63, 3.8) is 0 Å². The molecule has 0 aliphatic rings. The van der Waals surface area contributed by atoms with E-state index in [1.54, 1.807) is 52.0 Å². The van der Waals surface area contributed by atoms with Crippen LogP contribution >= 0.6 is 0 Å². The number of aromatic nitrogens is 3. The normalized spacial score (nSPS) is 11.8. The molecule has 0 radical (unpaired) electrons. The second-order valence-electron chi connectivity index (χ2n) is 10.0. The quantitative estimate of drug-likeness (QED) is 0.180. The highest BCUT2D eigenvalue weighted by atomic mass is 16.6. The van der Waals surface area contributed by atoms with E-state index in [0.29, 0.717) is 0 Å². The molecule has 0 bridgehead atoms. The maximum absolute atomic E-state index is 12.9. The molecule has 2 amide bonds. The number of nitrogens with zero attached hydrogens (tertiary/aromatic N) is 3. The molecule has 14 nitrogen and oxygen atoms in total. The van der Waals surface area contributed by atoms with Gasteiger partial charge in [0.05, 0.1) is 18.7 Å². The number of ketones is 1. The number of carbonyl (C=O) groups excluding carboxylic acids is 5. The van der Waals surface area contributed by atoms with Gasteiger partial charge in [-0.2, -0.15) is 0 Å². The molecule has 224 valence electrons. The Morgan fingerprint density at radius 1 is 1.00 bits per heavy atom. The van der Waals surface area contributed by atoms with Gasteiger partial charge in [0.25, 0.3) is 5.91 Å². The number of Topliss-reactive ketones (excluding diaryl/α,β-unsaturated/α-hetero) is 1. The van der Waals surface area contributed by atoms with E-state index in [1.165, 1.54) is 18.3 Å². The lowest BCUT2D eigenvalue weighted by Gasteiger charge is -2.24. The van der Waals surface area contributed by atoms with Crippen molar-refractivity contribution < 1.29 is 38.2 Å². The number of amides is 2. The lowest BCUT2D eigenvalue weighted by Crippen LogP contribution is -2.50. The molecule has 2 heterocycles. The van der Waals surface area contributed by atoms with E-state index in [-0.39, 0.29) is 43.9 Å². The lowest BCUT2D eigenvalue weighted by atomic mass is 10.2. The zero-order valence-corrected chi connectivity index (χ0v) is 23.7. The molecule has 0 aliphatic heterocycles. The van der Waals surface area contributed by atoms with Crippen LogP contribution in [0.1, 0.15) is 50.0 Å². The van der Waals surface area contributed by atoms with Gasteiger partial charge in [-0.25, -0.2) is 28.3 Å². The van der Waals surface area contributed by atoms with Gasteiger partial charge in [-0.1, -0.05) is 30.3 Å². The Hall–Kier alpha value is -5.01. The Labute approximate surface area is 240 Å². The maximum atomic E-state index is 12.9. The van der Waals surface area contributed by atoms with E-state index in [9.17, 15) is 28.8 Å². The van der Waals surface area contributed by atoms with Crippen LogP contribution in [-0.2, 0) is 41.7 Å². The topological polar surface area (TPSA) is 176 Å². The average Bonchev–Trinajstić information content (AvgIpc) is 3.26. The Bertz CT molecular complexity index is 1510. The van der Waals surface area contributed by atoms with Crippen molar-refractivity contribution >= 4 is 35.4 Å². The van der Waals surface area contributed by atoms with E-state index < -0.39 is 47.1 Å². The maximum Gasteiger partial charge on any atom is 0.408 e. The monoisotopic (exact) mass is 583 g/mol. The molecule has 1 aromatic carbocycles. The number of ether oxygens (including phenoxy) is 3. The van der Waals surface area contributed by atoms with Crippen LogP contribution in [-0.4, -0.2) is 68.7 Å². The van der Waals surface area contributed by atoms with Gasteiger partial charge in [0.1, 0.15) is 18.2 Å². The minimum Gasteiger partial charge on any atom is -0.460 e. The fraction of sp³-hybridized carbons (Fsp3) is 0.393. The van der Waals surface area contributed by atoms with Crippen molar-refractivity contribution in [1.29, 1.82) is 0 Å². The van der Waals surface area contributed by atoms with Gasteiger partial charge in [-0.05, 0) is 45.4 Å². The number of aryl methyl sites for hydroxylation is 1. The second kappa shape index (κ2) is 14.1. The Balaban J connectivity index is 1.67. The predicted molar refractivity (Wildman–Crippen MR) is 147 cm³/mol. The molecule has 2 aromatic heterocycles. The third kappa shape index (κ3) is 9.01. The van der Waals surface area contributed by atoms with Crippen LogP contribution in [0, 0.1) is 0 Å². The number of rotatable bonds is 12. The van der Waals surface area contributed by atoms with E-state index in [1.807, 2.05) is 6.07 Å². The Kier molecular flexibility index (Phi) is 10.5. The fourth-order valence-corrected chi connectivity index (χ4v) is 3.59. The predicted octanol–water partition coefficient (Wildman–Crippen LogP) is 1.38. The standard InChI is InChI=1S/C28H33N5O9/c1-5-40-25(37)21(34)13-14-33-27(39)32-16-19(11-12-22(32)31-33)23(35)29-15-20(24(36)42-28(2,3)4)30-26(38)41-17-18-9-7-6-8-10-18/h6-12,16,20H,5,13-15,17H2,1-4H3,(H,29,35)(H,30,38). The minimum atomic E-state index is -1.28. The first kappa shape index (κ1) is 31.5. The third-order valence-corrected chi connectivity index (χ3v) is 5.56. The molecule has 3 rings (SSSR count). The van der Waals surface area contributed by atoms with Crippen molar-refractivity contribution in [2.75, 3.05) is 13.2 Å². The van der Waals surface area contributed by atoms with E-state index in [0.717, 1.165) is 14.6 Å². The first-order chi connectivity index (χ1) is 19.9. The first-order valence-corrected chi connectivity index (χ1v) is 13.2. The van der Waals surface area contributed by atoms with Crippen LogP contribution in [0.2, 0.25) is 0 Å². The van der Waals surface area contributed by atoms with Crippen molar-refractivity contribution in [3.05, 3.63) is 70.3 Å². The molecule has 1 atom stereocenters. The number of benzene rings is 1. The molecule has 0 saturated heterocycles. The summed E-state index contributed by atoms with van der Waals surface area (Å²) in [6, 6.07) is 10.5. The molecule has 0 aliphatic carbocycles. The SMILES string of the molecule is CCOC(=O)C(=O)CCn1nc2ccc(C(=O)NCC(NC(=O)OCc3ccccc3)C(=O)OC(C)(C)C)cn2c1=O. The highest BCUT2D eigenvalue weighted by Gasteiger charge is 2.28. The molecule has 1 unspecified atom stereocenters. The summed E-state index contributed by atoms with van der Waals surface area (Å²) in [5.74, 6) is -3.22. The number of alkyl carbamates (subject to hydrolysis) is 1. The van der Waals surface area contributed by atoms with Crippen molar-refractivity contribution in [3.8, 4) is 0 Å².